The van der Waals surface area contributed by atoms with E-state index in [1.54, 1.807) is 0 Å². The Balaban J connectivity index is -0.00000149. The molecule has 0 spiro atoms. The van der Waals surface area contributed by atoms with Crippen LogP contribution < -0.4 is 0 Å². The normalized spacial score (nSPS) is 17.3. The third-order valence-corrected chi connectivity index (χ3v) is 189. The first-order valence-corrected chi connectivity index (χ1v) is 42.6. The molecule has 0 amide bonds. The van der Waals surface area contributed by atoms with Gasteiger partial charge < -0.3 is 0 Å². The summed E-state index contributed by atoms with van der Waals surface area (Å²) in [4.78, 5) is 0. The van der Waals surface area contributed by atoms with Crippen LogP contribution in [0.15, 0.2) is 0 Å². The van der Waals surface area contributed by atoms with E-state index >= 15 is 0 Å². The minimum absolute atomic E-state index is 0. The Morgan fingerprint density at radius 3 is 0.353 bits per heavy atom. The molecule has 1 rings (SSSR count). The fraction of sp³-hybridized carbons (Fsp3) is 0.923. The molecule has 0 N–H and O–H groups in total. The first-order valence-electron chi connectivity index (χ1n) is 18.6. The van der Waals surface area contributed by atoms with Crippen LogP contribution in [0.5, 0.6) is 0 Å². The largest absolute Gasteiger partial charge is 0 e. The van der Waals surface area contributed by atoms with Crippen molar-refractivity contribution in [2.75, 3.05) is 0 Å². The summed E-state index contributed by atoms with van der Waals surface area (Å²) < 4.78 is 22.5. The monoisotopic (exact) mass is 926 g/mol. The van der Waals surface area contributed by atoms with Gasteiger partial charge in [0.05, 0.1) is 0 Å². The van der Waals surface area contributed by atoms with Gasteiger partial charge in [0.25, 0.3) is 0 Å². The van der Waals surface area contributed by atoms with Gasteiger partial charge in [0.1, 0.15) is 0 Å². The van der Waals surface area contributed by atoms with E-state index < -0.39 is 59.8 Å². The van der Waals surface area contributed by atoms with E-state index in [1.165, 1.54) is 0 Å². The van der Waals surface area contributed by atoms with Crippen LogP contribution in [0.2, 0.25) is 66.5 Å². The van der Waals surface area contributed by atoms with E-state index in [9.17, 15) is 0 Å². The molecule has 1 aliphatic heterocycles. The first kappa shape index (κ1) is 59.3. The van der Waals surface area contributed by atoms with Crippen molar-refractivity contribution in [2.45, 2.75) is 233 Å². The maximum Gasteiger partial charge on any atom is 0 e. The predicted molar refractivity (Wildman–Crippen MR) is 239 cm³/mol. The average molecular weight is 927 g/mol. The standard InChI is InChI=1S/C36H84Si8.3CO.Ru/c1-29(2,3)41(25,30(4,5)6)37-38(42(26,31(7,8)9)32(10,11)12)40(44(28,35(19,20)21)36(22,23)24)39(37)43(27,33(13,14)15)34(16,17)18;3*1-2;/h1-28H3;;;;. The van der Waals surface area contributed by atoms with Crippen LogP contribution in [0.4, 0.5) is 0 Å². The van der Waals surface area contributed by atoms with Crippen molar-refractivity contribution in [3.63, 3.8) is 0 Å². The zero-order chi connectivity index (χ0) is 42.3. The van der Waals surface area contributed by atoms with E-state index in [0.29, 0.717) is 40.3 Å². The van der Waals surface area contributed by atoms with Crippen molar-refractivity contribution < 1.29 is 33.4 Å². The average Bonchev–Trinajstić information content (AvgIpc) is 2.86. The minimum atomic E-state index is -1.76. The van der Waals surface area contributed by atoms with Crippen LogP contribution in [0.3, 0.4) is 0 Å². The van der Waals surface area contributed by atoms with Gasteiger partial charge in [-0.15, -0.1) is 0 Å². The smallest absolute Gasteiger partial charge is 0 e. The fourth-order valence-corrected chi connectivity index (χ4v) is 353. The third-order valence-electron chi connectivity index (χ3n) is 15.0. The molecule has 0 aromatic rings. The zero-order valence-electron chi connectivity index (χ0n) is 39.1. The molecular formula is C39H84O3RuSi8. The van der Waals surface area contributed by atoms with Crippen LogP contribution in [-0.4, -0.2) is 59.8 Å². The van der Waals surface area contributed by atoms with Gasteiger partial charge in [0.2, 0.25) is 0 Å². The zero-order valence-corrected chi connectivity index (χ0v) is 48.8. The second kappa shape index (κ2) is 18.0. The molecule has 1 fully saturated rings. The maximum atomic E-state index is 7.50. The molecule has 1 heterocycles. The summed E-state index contributed by atoms with van der Waals surface area (Å²) in [7, 11) is -9.13. The molecule has 298 valence electrons. The summed E-state index contributed by atoms with van der Waals surface area (Å²) in [6.07, 6.45) is 0. The van der Waals surface area contributed by atoms with Crippen molar-refractivity contribution >= 4 is 59.8 Å². The van der Waals surface area contributed by atoms with Crippen LogP contribution in [0.25, 0.3) is 0 Å². The van der Waals surface area contributed by atoms with Gasteiger partial charge in [-0.05, 0) is 40.3 Å². The summed E-state index contributed by atoms with van der Waals surface area (Å²) in [6, 6.07) is 0. The molecular weight excluding hydrogens is 842 g/mol. The molecule has 0 aromatic carbocycles. The third kappa shape index (κ3) is 9.83. The molecule has 1 aliphatic rings. The van der Waals surface area contributed by atoms with Crippen LogP contribution in [0, 0.1) is 20.0 Å². The van der Waals surface area contributed by atoms with Gasteiger partial charge in [-0.1, -0.05) is 192 Å². The van der Waals surface area contributed by atoms with Crippen molar-refractivity contribution in [3.8, 4) is 0 Å². The van der Waals surface area contributed by atoms with E-state index in [4.69, 9.17) is 14.0 Å². The maximum absolute atomic E-state index is 7.50. The predicted octanol–water partition coefficient (Wildman–Crippen LogP) is 13.2. The second-order valence-corrected chi connectivity index (χ2v) is 96.0. The second-order valence-electron chi connectivity index (χ2n) is 24.0. The Hall–Kier alpha value is 1.58. The van der Waals surface area contributed by atoms with Crippen molar-refractivity contribution in [1.82, 2.24) is 0 Å². The molecule has 0 aliphatic carbocycles. The van der Waals surface area contributed by atoms with Crippen LogP contribution >= 0.6 is 0 Å². The Labute approximate surface area is 343 Å². The molecule has 0 atom stereocenters. The molecule has 51 heavy (non-hydrogen) atoms. The van der Waals surface area contributed by atoms with E-state index in [2.05, 4.69) is 212 Å². The quantitative estimate of drug-likeness (QED) is 0.153. The number of hydrogen-bond acceptors (Lipinski definition) is 0. The number of hydrogen-bond donors (Lipinski definition) is 0. The fourth-order valence-electron chi connectivity index (χ4n) is 9.94. The van der Waals surface area contributed by atoms with Crippen molar-refractivity contribution in [2.24, 2.45) is 0 Å². The summed E-state index contributed by atoms with van der Waals surface area (Å²) >= 11 is 0. The van der Waals surface area contributed by atoms with Gasteiger partial charge in [0, 0.05) is 79.2 Å². The SMILES string of the molecule is CC(C)(C)[Si](C)([Si]1[Si]([Si](C)(C(C)(C)C)C(C)(C)C)[Si]([Si](C)(C(C)(C)C)C(C)(C)C)[Si]1[Si](C)(C(C)(C)C)C(C)(C)C)C(C)(C)C.[C-]#[O+].[C-]#[O+].[C-]#[O+].[Ru]. The topological polar surface area (TPSA) is 59.7 Å². The Morgan fingerprint density at radius 1 is 0.255 bits per heavy atom. The Morgan fingerprint density at radius 2 is 0.314 bits per heavy atom. The molecule has 0 aromatic heterocycles. The van der Waals surface area contributed by atoms with Crippen LogP contribution in [-0.2, 0) is 33.4 Å². The summed E-state index contributed by atoms with van der Waals surface area (Å²) in [5, 5.41) is 3.53. The molecule has 4 radical (unpaired) electrons. The first-order chi connectivity index (χ1) is 21.5. The summed E-state index contributed by atoms with van der Waals surface area (Å²) in [5.41, 5.74) is 0. The van der Waals surface area contributed by atoms with Gasteiger partial charge in [-0.3, -0.25) is 0 Å². The van der Waals surface area contributed by atoms with Crippen molar-refractivity contribution in [3.05, 3.63) is 20.0 Å². The Kier molecular flexibility index (Phi) is 20.9. The van der Waals surface area contributed by atoms with Crippen LogP contribution in [0.1, 0.15) is 166 Å². The minimum Gasteiger partial charge on any atom is 0 e. The van der Waals surface area contributed by atoms with E-state index in [0.717, 1.165) is 0 Å². The van der Waals surface area contributed by atoms with Gasteiger partial charge in [-0.25, -0.2) is 0 Å². The van der Waals surface area contributed by atoms with Gasteiger partial charge in [-0.2, -0.15) is 0 Å². The molecule has 1 saturated heterocycles. The van der Waals surface area contributed by atoms with E-state index in [1.807, 2.05) is 0 Å². The molecule has 0 bridgehead atoms. The molecule has 0 unspecified atom stereocenters. The van der Waals surface area contributed by atoms with E-state index in [-0.39, 0.29) is 19.5 Å². The summed E-state index contributed by atoms with van der Waals surface area (Å²) in [5.74, 6) is 0. The van der Waals surface area contributed by atoms with Crippen molar-refractivity contribution in [1.29, 1.82) is 0 Å². The number of rotatable bonds is 4. The molecule has 3 nitrogen and oxygen atoms in total. The molecule has 12 heteroatoms. The van der Waals surface area contributed by atoms with Gasteiger partial charge >= 0.3 is 33.9 Å². The Bertz CT molecular complexity index is 926. The van der Waals surface area contributed by atoms with Gasteiger partial charge in [0.15, 0.2) is 0 Å². The summed E-state index contributed by atoms with van der Waals surface area (Å²) in [6.45, 7) is 91.6. The molecule has 0 saturated carbocycles.